The van der Waals surface area contributed by atoms with Crippen LogP contribution in [-0.4, -0.2) is 19.1 Å². The third-order valence-corrected chi connectivity index (χ3v) is 2.62. The van der Waals surface area contributed by atoms with Crippen LogP contribution >= 0.6 is 12.4 Å². The van der Waals surface area contributed by atoms with Crippen molar-refractivity contribution in [2.45, 2.75) is 13.0 Å². The van der Waals surface area contributed by atoms with Gasteiger partial charge in [-0.3, -0.25) is 4.79 Å². The Labute approximate surface area is 102 Å². The van der Waals surface area contributed by atoms with Gasteiger partial charge in [0.1, 0.15) is 6.61 Å². The first-order valence-corrected chi connectivity index (χ1v) is 5.27. The first-order valence-electron chi connectivity index (χ1n) is 5.27. The molecule has 16 heavy (non-hydrogen) atoms. The van der Waals surface area contributed by atoms with Crippen LogP contribution in [-0.2, 0) is 16.1 Å². The number of halogens is 1. The number of esters is 1. The molecule has 88 valence electrons. The minimum Gasteiger partial charge on any atom is -0.461 e. The Morgan fingerprint density at radius 3 is 2.75 bits per heavy atom. The maximum atomic E-state index is 11.6. The number of rotatable bonds is 3. The van der Waals surface area contributed by atoms with E-state index in [-0.39, 0.29) is 24.3 Å². The van der Waals surface area contributed by atoms with Gasteiger partial charge in [0.05, 0.1) is 5.92 Å². The normalized spacial score (nSPS) is 18.9. The molecule has 0 saturated carbocycles. The molecule has 1 aromatic rings. The maximum absolute atomic E-state index is 11.6. The minimum absolute atomic E-state index is 0. The first-order chi connectivity index (χ1) is 7.36. The quantitative estimate of drug-likeness (QED) is 0.820. The molecule has 1 N–H and O–H groups in total. The fourth-order valence-corrected chi connectivity index (χ4v) is 1.70. The molecule has 0 amide bonds. The molecule has 1 aromatic carbocycles. The van der Waals surface area contributed by atoms with Crippen LogP contribution in [0.15, 0.2) is 30.3 Å². The molecule has 0 radical (unpaired) electrons. The van der Waals surface area contributed by atoms with Gasteiger partial charge in [-0.25, -0.2) is 0 Å². The smallest absolute Gasteiger partial charge is 0.310 e. The van der Waals surface area contributed by atoms with Crippen LogP contribution in [0.2, 0.25) is 0 Å². The lowest BCUT2D eigenvalue weighted by Gasteiger charge is -2.08. The summed E-state index contributed by atoms with van der Waals surface area (Å²) >= 11 is 0. The van der Waals surface area contributed by atoms with Crippen molar-refractivity contribution in [3.05, 3.63) is 35.9 Å². The number of carbonyl (C=O) groups is 1. The molecule has 0 spiro atoms. The van der Waals surface area contributed by atoms with Crippen LogP contribution in [0.3, 0.4) is 0 Å². The zero-order chi connectivity index (χ0) is 10.5. The molecule has 2 rings (SSSR count). The molecule has 1 saturated heterocycles. The monoisotopic (exact) mass is 241 g/mol. The summed E-state index contributed by atoms with van der Waals surface area (Å²) in [6, 6.07) is 9.76. The van der Waals surface area contributed by atoms with Gasteiger partial charge in [0.2, 0.25) is 0 Å². The Morgan fingerprint density at radius 1 is 1.38 bits per heavy atom. The lowest BCUT2D eigenvalue weighted by molar-refractivity contribution is -0.149. The molecule has 1 fully saturated rings. The summed E-state index contributed by atoms with van der Waals surface area (Å²) in [7, 11) is 0. The molecule has 0 unspecified atom stereocenters. The number of ether oxygens (including phenoxy) is 1. The fourth-order valence-electron chi connectivity index (χ4n) is 1.70. The Morgan fingerprint density at radius 2 is 2.12 bits per heavy atom. The molecular formula is C12H16ClNO2. The van der Waals surface area contributed by atoms with E-state index in [4.69, 9.17) is 4.74 Å². The van der Waals surface area contributed by atoms with Gasteiger partial charge in [-0.15, -0.1) is 12.4 Å². The van der Waals surface area contributed by atoms with E-state index in [1.807, 2.05) is 30.3 Å². The second-order valence-electron chi connectivity index (χ2n) is 3.78. The van der Waals surface area contributed by atoms with Gasteiger partial charge in [-0.05, 0) is 18.5 Å². The number of hydrogen-bond acceptors (Lipinski definition) is 3. The van der Waals surface area contributed by atoms with Crippen molar-refractivity contribution in [3.8, 4) is 0 Å². The number of hydrogen-bond donors (Lipinski definition) is 1. The molecular weight excluding hydrogens is 226 g/mol. The van der Waals surface area contributed by atoms with Crippen LogP contribution in [0.5, 0.6) is 0 Å². The van der Waals surface area contributed by atoms with Gasteiger partial charge in [0.25, 0.3) is 0 Å². The highest BCUT2D eigenvalue weighted by atomic mass is 35.5. The number of carbonyl (C=O) groups excluding carboxylic acids is 1. The molecule has 3 nitrogen and oxygen atoms in total. The second kappa shape index (κ2) is 6.51. The average Bonchev–Trinajstić information content (AvgIpc) is 2.81. The van der Waals surface area contributed by atoms with Gasteiger partial charge >= 0.3 is 5.97 Å². The summed E-state index contributed by atoms with van der Waals surface area (Å²) < 4.78 is 5.23. The van der Waals surface area contributed by atoms with Crippen LogP contribution < -0.4 is 5.32 Å². The number of benzene rings is 1. The van der Waals surface area contributed by atoms with Crippen molar-refractivity contribution in [2.75, 3.05) is 13.1 Å². The van der Waals surface area contributed by atoms with E-state index in [0.717, 1.165) is 25.1 Å². The minimum atomic E-state index is -0.0798. The van der Waals surface area contributed by atoms with Crippen molar-refractivity contribution in [1.29, 1.82) is 0 Å². The highest BCUT2D eigenvalue weighted by Crippen LogP contribution is 2.11. The summed E-state index contributed by atoms with van der Waals surface area (Å²) in [5, 5.41) is 3.15. The van der Waals surface area contributed by atoms with Crippen molar-refractivity contribution < 1.29 is 9.53 Å². The molecule has 0 aromatic heterocycles. The summed E-state index contributed by atoms with van der Waals surface area (Å²) in [5.41, 5.74) is 1.04. The Kier molecular flexibility index (Phi) is 5.29. The Bertz CT molecular complexity index is 323. The molecule has 4 heteroatoms. The summed E-state index contributed by atoms with van der Waals surface area (Å²) in [4.78, 5) is 11.6. The summed E-state index contributed by atoms with van der Waals surface area (Å²) in [5.74, 6) is -0.0300. The zero-order valence-corrected chi connectivity index (χ0v) is 9.83. The van der Waals surface area contributed by atoms with Crippen molar-refractivity contribution in [2.24, 2.45) is 5.92 Å². The third kappa shape index (κ3) is 3.51. The van der Waals surface area contributed by atoms with Gasteiger partial charge in [0.15, 0.2) is 0 Å². The second-order valence-corrected chi connectivity index (χ2v) is 3.78. The predicted octanol–water partition coefficient (Wildman–Crippen LogP) is 1.76. The predicted molar refractivity (Wildman–Crippen MR) is 64.5 cm³/mol. The summed E-state index contributed by atoms with van der Waals surface area (Å²) in [6.07, 6.45) is 0.896. The van der Waals surface area contributed by atoms with E-state index in [1.54, 1.807) is 0 Å². The van der Waals surface area contributed by atoms with Crippen LogP contribution in [0, 0.1) is 5.92 Å². The number of nitrogens with one attached hydrogen (secondary N) is 1. The largest absolute Gasteiger partial charge is 0.461 e. The zero-order valence-electron chi connectivity index (χ0n) is 9.02. The van der Waals surface area contributed by atoms with Crippen LogP contribution in [0.4, 0.5) is 0 Å². The SMILES string of the molecule is Cl.O=C(OCc1ccccc1)[C@H]1CCNC1. The van der Waals surface area contributed by atoms with Crippen molar-refractivity contribution in [1.82, 2.24) is 5.32 Å². The van der Waals surface area contributed by atoms with E-state index >= 15 is 0 Å². The van der Waals surface area contributed by atoms with Crippen molar-refractivity contribution in [3.63, 3.8) is 0 Å². The average molecular weight is 242 g/mol. The fraction of sp³-hybridized carbons (Fsp3) is 0.417. The molecule has 0 bridgehead atoms. The van der Waals surface area contributed by atoms with Gasteiger partial charge in [0, 0.05) is 6.54 Å². The van der Waals surface area contributed by atoms with E-state index in [2.05, 4.69) is 5.32 Å². The van der Waals surface area contributed by atoms with Gasteiger partial charge < -0.3 is 10.1 Å². The van der Waals surface area contributed by atoms with E-state index < -0.39 is 0 Å². The van der Waals surface area contributed by atoms with E-state index in [0.29, 0.717) is 6.61 Å². The Balaban J connectivity index is 0.00000128. The topological polar surface area (TPSA) is 38.3 Å². The standard InChI is InChI=1S/C12H15NO2.ClH/c14-12(11-6-7-13-8-11)15-9-10-4-2-1-3-5-10;/h1-5,11,13H,6-9H2;1H/t11-;/m0./s1. The molecule has 1 heterocycles. The lowest BCUT2D eigenvalue weighted by atomic mass is 10.1. The van der Waals surface area contributed by atoms with E-state index in [1.165, 1.54) is 0 Å². The summed E-state index contributed by atoms with van der Waals surface area (Å²) in [6.45, 7) is 2.06. The molecule has 1 aliphatic heterocycles. The molecule has 1 aliphatic rings. The first kappa shape index (κ1) is 13.0. The molecule has 0 aliphatic carbocycles. The highest BCUT2D eigenvalue weighted by molar-refractivity contribution is 5.85. The van der Waals surface area contributed by atoms with Gasteiger partial charge in [-0.1, -0.05) is 30.3 Å². The van der Waals surface area contributed by atoms with Crippen LogP contribution in [0.25, 0.3) is 0 Å². The van der Waals surface area contributed by atoms with E-state index in [9.17, 15) is 4.79 Å². The molecule has 1 atom stereocenters. The van der Waals surface area contributed by atoms with Gasteiger partial charge in [-0.2, -0.15) is 0 Å². The van der Waals surface area contributed by atoms with Crippen LogP contribution in [0.1, 0.15) is 12.0 Å². The highest BCUT2D eigenvalue weighted by Gasteiger charge is 2.23. The third-order valence-electron chi connectivity index (χ3n) is 2.62. The lowest BCUT2D eigenvalue weighted by Crippen LogP contribution is -2.20. The Hall–Kier alpha value is -1.06. The maximum Gasteiger partial charge on any atom is 0.310 e. The van der Waals surface area contributed by atoms with Crippen molar-refractivity contribution >= 4 is 18.4 Å².